The molecule has 1 heterocycles. The van der Waals surface area contributed by atoms with Gasteiger partial charge in [-0.1, -0.05) is 0 Å². The first-order valence-corrected chi connectivity index (χ1v) is 6.87. The average Bonchev–Trinajstić information content (AvgIpc) is 2.72. The number of carboxylic acid groups (broad SMARTS) is 1. The number of rotatable bonds is 4. The Labute approximate surface area is 109 Å². The van der Waals surface area contributed by atoms with E-state index >= 15 is 0 Å². The molecule has 0 aliphatic carbocycles. The second-order valence-electron chi connectivity index (χ2n) is 4.32. The third kappa shape index (κ3) is 3.03. The van der Waals surface area contributed by atoms with Gasteiger partial charge in [0.2, 0.25) is 0 Å². The summed E-state index contributed by atoms with van der Waals surface area (Å²) in [6.45, 7) is 2.75. The highest BCUT2D eigenvalue weighted by Gasteiger charge is 2.25. The van der Waals surface area contributed by atoms with E-state index in [-0.39, 0.29) is 11.7 Å². The summed E-state index contributed by atoms with van der Waals surface area (Å²) < 4.78 is 18.6. The van der Waals surface area contributed by atoms with E-state index in [1.54, 1.807) is 11.8 Å². The van der Waals surface area contributed by atoms with Gasteiger partial charge in [-0.2, -0.15) is 11.8 Å². The molecule has 2 rings (SSSR count). The molecule has 2 atom stereocenters. The van der Waals surface area contributed by atoms with Crippen LogP contribution in [0.15, 0.2) is 18.2 Å². The van der Waals surface area contributed by atoms with Crippen molar-refractivity contribution in [1.29, 1.82) is 0 Å². The lowest BCUT2D eigenvalue weighted by Crippen LogP contribution is -2.14. The largest absolute Gasteiger partial charge is 0.478 e. The quantitative estimate of drug-likeness (QED) is 0.913. The van der Waals surface area contributed by atoms with Crippen molar-refractivity contribution < 1.29 is 19.0 Å². The van der Waals surface area contributed by atoms with Crippen LogP contribution in [0.4, 0.5) is 4.39 Å². The maximum Gasteiger partial charge on any atom is 0.335 e. The number of hydrogen-bond donors (Lipinski definition) is 1. The van der Waals surface area contributed by atoms with Gasteiger partial charge >= 0.3 is 5.97 Å². The smallest absolute Gasteiger partial charge is 0.335 e. The second-order valence-corrected chi connectivity index (χ2v) is 5.55. The fraction of sp³-hybridized carbons (Fsp3) is 0.462. The summed E-state index contributed by atoms with van der Waals surface area (Å²) in [4.78, 5) is 11.0. The number of hydrogen-bond acceptors (Lipinski definition) is 3. The van der Waals surface area contributed by atoms with Gasteiger partial charge in [-0.25, -0.2) is 9.18 Å². The van der Waals surface area contributed by atoms with Crippen molar-refractivity contribution in [2.24, 2.45) is 0 Å². The van der Waals surface area contributed by atoms with Crippen molar-refractivity contribution in [2.45, 2.75) is 30.5 Å². The van der Waals surface area contributed by atoms with Crippen molar-refractivity contribution in [3.05, 3.63) is 35.1 Å². The van der Waals surface area contributed by atoms with Crippen molar-refractivity contribution in [3.8, 4) is 0 Å². The molecule has 1 aromatic carbocycles. The fourth-order valence-electron chi connectivity index (χ4n) is 2.02. The minimum atomic E-state index is -1.01. The molecule has 2 unspecified atom stereocenters. The molecular formula is C13H15FO3S. The average molecular weight is 270 g/mol. The van der Waals surface area contributed by atoms with Gasteiger partial charge < -0.3 is 9.84 Å². The van der Waals surface area contributed by atoms with E-state index in [0.29, 0.717) is 16.6 Å². The summed E-state index contributed by atoms with van der Waals surface area (Å²) in [5, 5.41) is 9.40. The van der Waals surface area contributed by atoms with E-state index in [0.717, 1.165) is 13.0 Å². The Bertz CT molecular complexity index is 450. The lowest BCUT2D eigenvalue weighted by Gasteiger charge is -2.14. The van der Waals surface area contributed by atoms with Gasteiger partial charge in [0.1, 0.15) is 5.82 Å². The zero-order valence-corrected chi connectivity index (χ0v) is 10.9. The predicted molar refractivity (Wildman–Crippen MR) is 68.5 cm³/mol. The van der Waals surface area contributed by atoms with Crippen LogP contribution in [0.1, 0.15) is 29.3 Å². The topological polar surface area (TPSA) is 46.5 Å². The fourth-order valence-corrected chi connectivity index (χ4v) is 3.26. The molecule has 1 N–H and O–H groups in total. The molecule has 0 radical (unpaired) electrons. The molecule has 0 saturated carbocycles. The lowest BCUT2D eigenvalue weighted by molar-refractivity contribution is 0.0696. The van der Waals surface area contributed by atoms with Gasteiger partial charge in [0.15, 0.2) is 0 Å². The van der Waals surface area contributed by atoms with Crippen LogP contribution in [-0.2, 0) is 10.5 Å². The Balaban J connectivity index is 2.08. The van der Waals surface area contributed by atoms with E-state index in [4.69, 9.17) is 9.84 Å². The van der Waals surface area contributed by atoms with E-state index in [1.165, 1.54) is 18.2 Å². The number of carbonyl (C=O) groups is 1. The van der Waals surface area contributed by atoms with Crippen LogP contribution in [0.3, 0.4) is 0 Å². The Kier molecular flexibility index (Phi) is 4.24. The van der Waals surface area contributed by atoms with Crippen LogP contribution >= 0.6 is 11.8 Å². The molecule has 1 fully saturated rings. The molecule has 0 aromatic heterocycles. The SMILES string of the molecule is CC1OCCC1SCc1cc(F)ccc1C(=O)O. The summed E-state index contributed by atoms with van der Waals surface area (Å²) in [5.41, 5.74) is 0.710. The third-order valence-electron chi connectivity index (χ3n) is 3.06. The van der Waals surface area contributed by atoms with Crippen LogP contribution in [-0.4, -0.2) is 29.0 Å². The number of aromatic carboxylic acids is 1. The molecule has 0 amide bonds. The lowest BCUT2D eigenvalue weighted by atomic mass is 10.1. The second kappa shape index (κ2) is 5.71. The first kappa shape index (κ1) is 13.4. The van der Waals surface area contributed by atoms with Gasteiger partial charge in [-0.3, -0.25) is 0 Å². The molecule has 3 nitrogen and oxygen atoms in total. The Morgan fingerprint density at radius 3 is 3.00 bits per heavy atom. The molecule has 98 valence electrons. The minimum Gasteiger partial charge on any atom is -0.478 e. The summed E-state index contributed by atoms with van der Waals surface area (Å²) in [6, 6.07) is 3.80. The molecule has 5 heteroatoms. The van der Waals surface area contributed by atoms with Gasteiger partial charge in [0.05, 0.1) is 11.7 Å². The van der Waals surface area contributed by atoms with E-state index in [2.05, 4.69) is 0 Å². The number of thioether (sulfide) groups is 1. The standard InChI is InChI=1S/C13H15FO3S/c1-8-12(4-5-17-8)18-7-9-6-10(14)2-3-11(9)13(15)16/h2-3,6,8,12H,4-5,7H2,1H3,(H,15,16). The van der Waals surface area contributed by atoms with Crippen molar-refractivity contribution in [1.82, 2.24) is 0 Å². The summed E-state index contributed by atoms with van der Waals surface area (Å²) in [6.07, 6.45) is 1.14. The number of halogens is 1. The molecule has 1 aromatic rings. The third-order valence-corrected chi connectivity index (χ3v) is 4.58. The molecule has 1 aliphatic heterocycles. The maximum absolute atomic E-state index is 13.2. The van der Waals surface area contributed by atoms with Crippen molar-refractivity contribution in [2.75, 3.05) is 6.61 Å². The maximum atomic E-state index is 13.2. The Morgan fingerprint density at radius 2 is 2.39 bits per heavy atom. The first-order valence-electron chi connectivity index (χ1n) is 5.83. The van der Waals surface area contributed by atoms with Gasteiger partial charge in [0.25, 0.3) is 0 Å². The molecule has 0 spiro atoms. The van der Waals surface area contributed by atoms with Crippen LogP contribution < -0.4 is 0 Å². The van der Waals surface area contributed by atoms with Gasteiger partial charge in [-0.15, -0.1) is 0 Å². The van der Waals surface area contributed by atoms with Gasteiger partial charge in [0, 0.05) is 17.6 Å². The highest BCUT2D eigenvalue weighted by atomic mass is 32.2. The summed E-state index contributed by atoms with van der Waals surface area (Å²) in [7, 11) is 0. The van der Waals surface area contributed by atoms with Crippen LogP contribution in [0.25, 0.3) is 0 Å². The molecular weight excluding hydrogens is 255 g/mol. The van der Waals surface area contributed by atoms with E-state index in [9.17, 15) is 9.18 Å². The molecule has 1 saturated heterocycles. The van der Waals surface area contributed by atoms with E-state index in [1.807, 2.05) is 6.92 Å². The monoisotopic (exact) mass is 270 g/mol. The van der Waals surface area contributed by atoms with Crippen LogP contribution in [0, 0.1) is 5.82 Å². The van der Waals surface area contributed by atoms with Crippen LogP contribution in [0.5, 0.6) is 0 Å². The zero-order valence-electron chi connectivity index (χ0n) is 10.1. The molecule has 0 bridgehead atoms. The van der Waals surface area contributed by atoms with Crippen molar-refractivity contribution in [3.63, 3.8) is 0 Å². The summed E-state index contributed by atoms with van der Waals surface area (Å²) in [5.74, 6) is -0.912. The Hall–Kier alpha value is -1.07. The molecule has 1 aliphatic rings. The molecule has 18 heavy (non-hydrogen) atoms. The highest BCUT2D eigenvalue weighted by Crippen LogP contribution is 2.30. The minimum absolute atomic E-state index is 0.176. The van der Waals surface area contributed by atoms with Gasteiger partial charge in [-0.05, 0) is 37.1 Å². The normalized spacial score (nSPS) is 23.2. The number of carboxylic acids is 1. The summed E-state index contributed by atoms with van der Waals surface area (Å²) >= 11 is 1.63. The Morgan fingerprint density at radius 1 is 1.61 bits per heavy atom. The van der Waals surface area contributed by atoms with Crippen LogP contribution in [0.2, 0.25) is 0 Å². The highest BCUT2D eigenvalue weighted by molar-refractivity contribution is 7.99. The zero-order chi connectivity index (χ0) is 13.1. The predicted octanol–water partition coefficient (Wildman–Crippen LogP) is 2.93. The number of benzene rings is 1. The van der Waals surface area contributed by atoms with E-state index < -0.39 is 11.8 Å². The first-order chi connectivity index (χ1) is 8.58. The number of ether oxygens (including phenoxy) is 1. The van der Waals surface area contributed by atoms with Crippen molar-refractivity contribution >= 4 is 17.7 Å².